The molecule has 1 N–H and O–H groups in total. The minimum absolute atomic E-state index is 0.0298. The second-order valence-electron chi connectivity index (χ2n) is 11.4. The summed E-state index contributed by atoms with van der Waals surface area (Å²) in [5.74, 6) is 0.921. The highest BCUT2D eigenvalue weighted by Crippen LogP contribution is 2.32. The number of ether oxygens (including phenoxy) is 1. The van der Waals surface area contributed by atoms with Gasteiger partial charge in [-0.05, 0) is 48.1 Å². The highest BCUT2D eigenvalue weighted by atomic mass is 16.5. The highest BCUT2D eigenvalue weighted by molar-refractivity contribution is 5.93. The number of carbonyl (C=O) groups is 1. The molecule has 1 heterocycles. The van der Waals surface area contributed by atoms with Crippen molar-refractivity contribution in [1.29, 1.82) is 0 Å². The number of unbranched alkanes of at least 4 members (excludes halogenated alkanes) is 11. The molecule has 0 unspecified atom stereocenters. The van der Waals surface area contributed by atoms with Gasteiger partial charge in [0.2, 0.25) is 0 Å². The van der Waals surface area contributed by atoms with E-state index in [1.807, 2.05) is 29.1 Å². The van der Waals surface area contributed by atoms with Crippen LogP contribution in [0.25, 0.3) is 0 Å². The van der Waals surface area contributed by atoms with Crippen LogP contribution in [0.3, 0.4) is 0 Å². The van der Waals surface area contributed by atoms with E-state index in [2.05, 4.69) is 58.1 Å². The number of aromatic nitrogens is 1. The number of hydrogen-bond donors (Lipinski definition) is 1. The number of hydrogen-bond acceptors (Lipinski definition) is 2. The number of rotatable bonds is 18. The summed E-state index contributed by atoms with van der Waals surface area (Å²) >= 11 is 0. The van der Waals surface area contributed by atoms with Crippen LogP contribution in [-0.2, 0) is 18.5 Å². The fraction of sp³-hybridized carbons (Fsp3) is 0.636. The molecule has 1 aromatic heterocycles. The molecule has 4 nitrogen and oxygen atoms in total. The van der Waals surface area contributed by atoms with E-state index in [-0.39, 0.29) is 11.3 Å². The van der Waals surface area contributed by atoms with E-state index in [1.54, 1.807) is 0 Å². The van der Waals surface area contributed by atoms with Crippen LogP contribution in [0, 0.1) is 0 Å². The molecule has 0 bridgehead atoms. The number of pyridine rings is 1. The summed E-state index contributed by atoms with van der Waals surface area (Å²) in [6.07, 6.45) is 20.0. The molecule has 206 valence electrons. The predicted octanol–water partition coefficient (Wildman–Crippen LogP) is 8.30. The largest absolute Gasteiger partial charge is 0.493 e. The summed E-state index contributed by atoms with van der Waals surface area (Å²) in [4.78, 5) is 12.6. The van der Waals surface area contributed by atoms with Gasteiger partial charge in [-0.15, -0.1) is 0 Å². The fourth-order valence-electron chi connectivity index (χ4n) is 4.66. The van der Waals surface area contributed by atoms with E-state index >= 15 is 0 Å². The van der Waals surface area contributed by atoms with E-state index in [0.29, 0.717) is 12.1 Å². The average Bonchev–Trinajstić information content (AvgIpc) is 2.89. The van der Waals surface area contributed by atoms with Gasteiger partial charge < -0.3 is 10.1 Å². The van der Waals surface area contributed by atoms with E-state index in [9.17, 15) is 4.79 Å². The number of amides is 1. The van der Waals surface area contributed by atoms with Crippen molar-refractivity contribution in [2.75, 3.05) is 6.61 Å². The first-order chi connectivity index (χ1) is 17.8. The predicted molar refractivity (Wildman–Crippen MR) is 155 cm³/mol. The second kappa shape index (κ2) is 17.2. The van der Waals surface area contributed by atoms with Gasteiger partial charge in [-0.3, -0.25) is 4.79 Å². The number of nitrogens with zero attached hydrogens (tertiary/aromatic N) is 1. The molecular formula is C33H53N2O2+. The van der Waals surface area contributed by atoms with Crippen molar-refractivity contribution in [3.8, 4) is 5.75 Å². The molecule has 0 aliphatic rings. The van der Waals surface area contributed by atoms with Crippen LogP contribution in [0.4, 0.5) is 0 Å². The lowest BCUT2D eigenvalue weighted by molar-refractivity contribution is -0.693. The monoisotopic (exact) mass is 509 g/mol. The van der Waals surface area contributed by atoms with Gasteiger partial charge in [0.15, 0.2) is 12.4 Å². The zero-order valence-electron chi connectivity index (χ0n) is 24.4. The highest BCUT2D eigenvalue weighted by Gasteiger charge is 2.20. The van der Waals surface area contributed by atoms with E-state index in [4.69, 9.17) is 4.74 Å². The first-order valence-corrected chi connectivity index (χ1v) is 14.9. The minimum atomic E-state index is -0.0487. The fourth-order valence-corrected chi connectivity index (χ4v) is 4.66. The molecule has 0 saturated heterocycles. The van der Waals surface area contributed by atoms with Crippen LogP contribution in [-0.4, -0.2) is 12.5 Å². The molecule has 2 rings (SSSR count). The molecule has 0 aliphatic heterocycles. The summed E-state index contributed by atoms with van der Waals surface area (Å²) in [5.41, 5.74) is 2.94. The smallest absolute Gasteiger partial charge is 0.257 e. The Morgan fingerprint density at radius 1 is 0.865 bits per heavy atom. The Morgan fingerprint density at radius 2 is 1.49 bits per heavy atom. The van der Waals surface area contributed by atoms with Crippen LogP contribution in [0.5, 0.6) is 5.75 Å². The van der Waals surface area contributed by atoms with Gasteiger partial charge in [0.05, 0.1) is 6.61 Å². The molecule has 1 amide bonds. The number of carbonyl (C=O) groups excluding carboxylic acids is 1. The Hall–Kier alpha value is -2.36. The summed E-state index contributed by atoms with van der Waals surface area (Å²) in [7, 11) is 0. The summed E-state index contributed by atoms with van der Waals surface area (Å²) in [5, 5.41) is 3.07. The van der Waals surface area contributed by atoms with Crippen molar-refractivity contribution in [3.05, 3.63) is 59.4 Å². The second-order valence-corrected chi connectivity index (χ2v) is 11.4. The van der Waals surface area contributed by atoms with Crippen molar-refractivity contribution >= 4 is 5.91 Å². The van der Waals surface area contributed by atoms with Crippen LogP contribution in [0.1, 0.15) is 133 Å². The molecule has 0 spiro atoms. The average molecular weight is 510 g/mol. The van der Waals surface area contributed by atoms with Crippen LogP contribution < -0.4 is 14.6 Å². The Bertz CT molecular complexity index is 917. The Kier molecular flexibility index (Phi) is 14.4. The summed E-state index contributed by atoms with van der Waals surface area (Å²) in [6.45, 7) is 13.1. The Morgan fingerprint density at radius 3 is 2.08 bits per heavy atom. The van der Waals surface area contributed by atoms with Crippen molar-refractivity contribution < 1.29 is 14.1 Å². The molecule has 2 aromatic rings. The van der Waals surface area contributed by atoms with E-state index in [0.717, 1.165) is 30.9 Å². The van der Waals surface area contributed by atoms with Gasteiger partial charge >= 0.3 is 0 Å². The third kappa shape index (κ3) is 12.2. The maximum atomic E-state index is 12.6. The molecule has 0 fully saturated rings. The first-order valence-electron chi connectivity index (χ1n) is 14.9. The lowest BCUT2D eigenvalue weighted by Gasteiger charge is -2.24. The molecule has 0 atom stereocenters. The number of aryl methyl sites for hydroxylation is 1. The Labute approximate surface area is 227 Å². The van der Waals surface area contributed by atoms with Gasteiger partial charge in [-0.2, -0.15) is 0 Å². The van der Waals surface area contributed by atoms with Crippen molar-refractivity contribution in [3.63, 3.8) is 0 Å². The lowest BCUT2D eigenvalue weighted by atomic mass is 9.85. The van der Waals surface area contributed by atoms with Crippen LogP contribution >= 0.6 is 0 Å². The standard InChI is InChI=1S/C33H52N2O2/c1-6-8-9-10-11-12-13-14-15-16-17-18-24-37-31-22-21-28(25-30(31)33(3,4)5)26-34-32(36)29-20-19-23-35(7-2)27-29/h19-23,25,27H,6-18,24,26H2,1-5H3/p+1. The van der Waals surface area contributed by atoms with E-state index < -0.39 is 0 Å². The lowest BCUT2D eigenvalue weighted by Crippen LogP contribution is -2.34. The molecule has 1 aromatic carbocycles. The summed E-state index contributed by atoms with van der Waals surface area (Å²) < 4.78 is 8.25. The van der Waals surface area contributed by atoms with Gasteiger partial charge in [0.1, 0.15) is 17.9 Å². The molecular weight excluding hydrogens is 456 g/mol. The quantitative estimate of drug-likeness (QED) is 0.162. The molecule has 0 aliphatic carbocycles. The first kappa shape index (κ1) is 30.9. The van der Waals surface area contributed by atoms with Gasteiger partial charge in [0, 0.05) is 12.6 Å². The topological polar surface area (TPSA) is 42.2 Å². The van der Waals surface area contributed by atoms with Crippen molar-refractivity contribution in [2.24, 2.45) is 0 Å². The van der Waals surface area contributed by atoms with Crippen LogP contribution in [0.15, 0.2) is 42.7 Å². The van der Waals surface area contributed by atoms with Gasteiger partial charge in [0.25, 0.3) is 5.91 Å². The SMILES string of the molecule is CCCCCCCCCCCCCCOc1ccc(CNC(=O)c2ccc[n+](CC)c2)cc1C(C)(C)C. The third-order valence-electron chi connectivity index (χ3n) is 7.05. The normalized spacial score (nSPS) is 11.5. The number of nitrogens with one attached hydrogen (secondary N) is 1. The van der Waals surface area contributed by atoms with Gasteiger partial charge in [-0.1, -0.05) is 104 Å². The Balaban J connectivity index is 1.73. The van der Waals surface area contributed by atoms with Crippen molar-refractivity contribution in [1.82, 2.24) is 5.32 Å². The molecule has 0 radical (unpaired) electrons. The molecule has 37 heavy (non-hydrogen) atoms. The van der Waals surface area contributed by atoms with Crippen LogP contribution in [0.2, 0.25) is 0 Å². The third-order valence-corrected chi connectivity index (χ3v) is 7.05. The molecule has 0 saturated carbocycles. The van der Waals surface area contributed by atoms with Crippen molar-refractivity contribution in [2.45, 2.75) is 130 Å². The van der Waals surface area contributed by atoms with E-state index in [1.165, 1.54) is 76.2 Å². The van der Waals surface area contributed by atoms with Gasteiger partial charge in [-0.25, -0.2) is 4.57 Å². The number of benzene rings is 1. The summed E-state index contributed by atoms with van der Waals surface area (Å²) in [6, 6.07) is 10.1. The minimum Gasteiger partial charge on any atom is -0.493 e. The maximum Gasteiger partial charge on any atom is 0.257 e. The molecule has 4 heteroatoms. The zero-order valence-corrected chi connectivity index (χ0v) is 24.4. The zero-order chi connectivity index (χ0) is 26.9. The maximum absolute atomic E-state index is 12.6.